The summed E-state index contributed by atoms with van der Waals surface area (Å²) < 4.78 is 16.1. The first-order chi connectivity index (χ1) is 14.1. The van der Waals surface area contributed by atoms with Crippen molar-refractivity contribution in [1.82, 2.24) is 10.1 Å². The summed E-state index contributed by atoms with van der Waals surface area (Å²) in [6.07, 6.45) is 1.32. The Morgan fingerprint density at radius 1 is 1.14 bits per heavy atom. The van der Waals surface area contributed by atoms with E-state index in [9.17, 15) is 4.79 Å². The molecule has 7 nitrogen and oxygen atoms in total. The smallest absolute Gasteiger partial charge is 0.261 e. The van der Waals surface area contributed by atoms with Crippen molar-refractivity contribution in [2.24, 2.45) is 0 Å². The number of amides is 1. The first-order valence-electron chi connectivity index (χ1n) is 9.58. The molecular weight excluding hydrogens is 370 g/mol. The Balaban J connectivity index is 1.55. The van der Waals surface area contributed by atoms with Crippen molar-refractivity contribution in [3.8, 4) is 23.0 Å². The summed E-state index contributed by atoms with van der Waals surface area (Å²) >= 11 is 0. The number of carbonyl (C=O) groups is 1. The van der Waals surface area contributed by atoms with Gasteiger partial charge < -0.3 is 18.9 Å². The van der Waals surface area contributed by atoms with Gasteiger partial charge in [0.1, 0.15) is 11.5 Å². The number of anilines is 1. The van der Waals surface area contributed by atoms with Crippen LogP contribution in [0.5, 0.6) is 11.5 Å². The van der Waals surface area contributed by atoms with Crippen molar-refractivity contribution in [3.63, 3.8) is 0 Å². The van der Waals surface area contributed by atoms with E-state index >= 15 is 0 Å². The predicted molar refractivity (Wildman–Crippen MR) is 108 cm³/mol. The molecule has 1 saturated heterocycles. The van der Waals surface area contributed by atoms with Crippen molar-refractivity contribution in [3.05, 3.63) is 53.9 Å². The van der Waals surface area contributed by atoms with Gasteiger partial charge >= 0.3 is 0 Å². The number of benzene rings is 2. The van der Waals surface area contributed by atoms with Gasteiger partial charge in [-0.3, -0.25) is 4.79 Å². The van der Waals surface area contributed by atoms with E-state index < -0.39 is 0 Å². The third-order valence-corrected chi connectivity index (χ3v) is 5.23. The van der Waals surface area contributed by atoms with Gasteiger partial charge in [-0.2, -0.15) is 4.98 Å². The number of hydrogen-bond acceptors (Lipinski definition) is 6. The van der Waals surface area contributed by atoms with Crippen LogP contribution in [-0.2, 0) is 11.2 Å². The third kappa shape index (κ3) is 3.68. The largest absolute Gasteiger partial charge is 0.497 e. The Hall–Kier alpha value is -3.35. The summed E-state index contributed by atoms with van der Waals surface area (Å²) in [6.45, 7) is 2.64. The summed E-state index contributed by atoms with van der Waals surface area (Å²) in [5.74, 6) is 2.09. The summed E-state index contributed by atoms with van der Waals surface area (Å²) in [5, 5.41) is 4.13. The van der Waals surface area contributed by atoms with Crippen LogP contribution >= 0.6 is 0 Å². The van der Waals surface area contributed by atoms with E-state index in [1.54, 1.807) is 25.2 Å². The van der Waals surface area contributed by atoms with Crippen LogP contribution in [0, 0.1) is 0 Å². The molecule has 1 aliphatic rings. The van der Waals surface area contributed by atoms with Crippen LogP contribution in [0.3, 0.4) is 0 Å². The van der Waals surface area contributed by atoms with Gasteiger partial charge in [0.05, 0.1) is 19.8 Å². The van der Waals surface area contributed by atoms with E-state index in [-0.39, 0.29) is 11.8 Å². The first-order valence-corrected chi connectivity index (χ1v) is 9.58. The Morgan fingerprint density at radius 3 is 2.62 bits per heavy atom. The number of methoxy groups -OCH3 is 2. The van der Waals surface area contributed by atoms with Crippen molar-refractivity contribution in [2.75, 3.05) is 25.7 Å². The van der Waals surface area contributed by atoms with Crippen LogP contribution in [0.4, 0.5) is 5.69 Å². The molecule has 0 unspecified atom stereocenters. The number of nitrogens with zero attached hydrogens (tertiary/aromatic N) is 3. The minimum absolute atomic E-state index is 0.0626. The zero-order valence-corrected chi connectivity index (χ0v) is 16.7. The first kappa shape index (κ1) is 19.0. The topological polar surface area (TPSA) is 77.7 Å². The second-order valence-electron chi connectivity index (χ2n) is 6.95. The fourth-order valence-corrected chi connectivity index (χ4v) is 3.53. The van der Waals surface area contributed by atoms with Gasteiger partial charge in [-0.1, -0.05) is 24.2 Å². The molecule has 0 bridgehead atoms. The molecule has 3 aromatic rings. The molecule has 150 valence electrons. The average Bonchev–Trinajstić information content (AvgIpc) is 3.40. The molecule has 1 aromatic heterocycles. The zero-order valence-electron chi connectivity index (χ0n) is 16.7. The molecule has 1 atom stereocenters. The average molecular weight is 393 g/mol. The molecule has 0 spiro atoms. The quantitative estimate of drug-likeness (QED) is 0.633. The highest BCUT2D eigenvalue weighted by molar-refractivity contribution is 5.96. The molecule has 1 fully saturated rings. The predicted octanol–water partition coefficient (Wildman–Crippen LogP) is 3.84. The highest BCUT2D eigenvalue weighted by Crippen LogP contribution is 2.35. The fourth-order valence-electron chi connectivity index (χ4n) is 3.53. The summed E-state index contributed by atoms with van der Waals surface area (Å²) in [6, 6.07) is 13.5. The molecule has 0 N–H and O–H groups in total. The van der Waals surface area contributed by atoms with Crippen LogP contribution in [0.2, 0.25) is 0 Å². The monoisotopic (exact) mass is 393 g/mol. The zero-order chi connectivity index (χ0) is 20.4. The van der Waals surface area contributed by atoms with Crippen LogP contribution in [0.15, 0.2) is 47.0 Å². The van der Waals surface area contributed by atoms with E-state index in [4.69, 9.17) is 14.0 Å². The summed E-state index contributed by atoms with van der Waals surface area (Å²) in [5.41, 5.74) is 2.83. The van der Waals surface area contributed by atoms with Crippen molar-refractivity contribution < 1.29 is 18.8 Å². The van der Waals surface area contributed by atoms with Crippen LogP contribution in [0.1, 0.15) is 30.7 Å². The number of aromatic nitrogens is 2. The lowest BCUT2D eigenvalue weighted by atomic mass is 10.1. The normalized spacial score (nSPS) is 16.3. The molecule has 0 saturated carbocycles. The Kier molecular flexibility index (Phi) is 5.20. The van der Waals surface area contributed by atoms with Gasteiger partial charge in [0.2, 0.25) is 5.91 Å². The highest BCUT2D eigenvalue weighted by atomic mass is 16.5. The lowest BCUT2D eigenvalue weighted by Crippen LogP contribution is -2.24. The van der Waals surface area contributed by atoms with Crippen LogP contribution < -0.4 is 14.4 Å². The van der Waals surface area contributed by atoms with E-state index in [0.717, 1.165) is 12.1 Å². The molecule has 1 amide bonds. The molecule has 4 rings (SSSR count). The molecule has 2 aromatic carbocycles. The lowest BCUT2D eigenvalue weighted by Gasteiger charge is -2.16. The molecule has 29 heavy (non-hydrogen) atoms. The maximum atomic E-state index is 12.6. The second-order valence-corrected chi connectivity index (χ2v) is 6.95. The van der Waals surface area contributed by atoms with E-state index in [2.05, 4.69) is 29.2 Å². The lowest BCUT2D eigenvalue weighted by molar-refractivity contribution is -0.117. The van der Waals surface area contributed by atoms with E-state index in [0.29, 0.717) is 41.7 Å². The number of carbonyl (C=O) groups excluding carboxylic acids is 1. The van der Waals surface area contributed by atoms with Gasteiger partial charge in [0.25, 0.3) is 5.89 Å². The number of aryl methyl sites for hydroxylation is 1. The third-order valence-electron chi connectivity index (χ3n) is 5.23. The number of rotatable bonds is 6. The SMILES string of the molecule is CCc1ccc(N2C[C@@H](c3noc(-c4ccc(OC)cc4OC)n3)CC2=O)cc1. The van der Waals surface area contributed by atoms with Gasteiger partial charge in [-0.25, -0.2) is 0 Å². The standard InChI is InChI=1S/C22H23N3O4/c1-4-14-5-7-16(8-6-14)25-13-15(11-20(25)26)21-23-22(29-24-21)18-10-9-17(27-2)12-19(18)28-3/h5-10,12,15H,4,11,13H2,1-3H3/t15-/m0/s1. The summed E-state index contributed by atoms with van der Waals surface area (Å²) in [4.78, 5) is 18.9. The Bertz CT molecular complexity index is 1010. The van der Waals surface area contributed by atoms with Crippen molar-refractivity contribution >= 4 is 11.6 Å². The van der Waals surface area contributed by atoms with E-state index in [1.165, 1.54) is 5.56 Å². The van der Waals surface area contributed by atoms with Gasteiger partial charge in [-0.05, 0) is 36.2 Å². The maximum absolute atomic E-state index is 12.6. The second kappa shape index (κ2) is 7.95. The molecule has 7 heteroatoms. The van der Waals surface area contributed by atoms with Crippen LogP contribution in [0.25, 0.3) is 11.5 Å². The minimum atomic E-state index is -0.116. The Labute approximate surface area is 169 Å². The molecule has 1 aliphatic heterocycles. The van der Waals surface area contributed by atoms with Gasteiger partial charge in [0, 0.05) is 30.6 Å². The Morgan fingerprint density at radius 2 is 1.93 bits per heavy atom. The minimum Gasteiger partial charge on any atom is -0.497 e. The number of hydrogen-bond donors (Lipinski definition) is 0. The van der Waals surface area contributed by atoms with Crippen molar-refractivity contribution in [1.29, 1.82) is 0 Å². The fraction of sp³-hybridized carbons (Fsp3) is 0.318. The molecular formula is C22H23N3O4. The number of ether oxygens (including phenoxy) is 2. The molecule has 0 radical (unpaired) electrons. The van der Waals surface area contributed by atoms with E-state index in [1.807, 2.05) is 24.3 Å². The van der Waals surface area contributed by atoms with Crippen molar-refractivity contribution in [2.45, 2.75) is 25.7 Å². The maximum Gasteiger partial charge on any atom is 0.261 e. The molecule has 2 heterocycles. The van der Waals surface area contributed by atoms with Crippen LogP contribution in [-0.4, -0.2) is 36.8 Å². The summed E-state index contributed by atoms with van der Waals surface area (Å²) in [7, 11) is 3.17. The molecule has 0 aliphatic carbocycles. The van der Waals surface area contributed by atoms with Gasteiger partial charge in [-0.15, -0.1) is 0 Å². The van der Waals surface area contributed by atoms with Gasteiger partial charge in [0.15, 0.2) is 5.82 Å². The highest BCUT2D eigenvalue weighted by Gasteiger charge is 2.34.